The van der Waals surface area contributed by atoms with Crippen LogP contribution in [0.5, 0.6) is 0 Å². The molecular weight excluding hydrogens is 416 g/mol. The van der Waals surface area contributed by atoms with Crippen molar-refractivity contribution in [3.63, 3.8) is 0 Å². The molecule has 0 bridgehead atoms. The maximum absolute atomic E-state index is 13.2. The molecule has 2 unspecified atom stereocenters. The molecule has 2 aromatic carbocycles. The molecule has 3 rings (SSSR count). The molecule has 32 heavy (non-hydrogen) atoms. The van der Waals surface area contributed by atoms with Gasteiger partial charge in [-0.05, 0) is 32.4 Å². The number of esters is 2. The lowest BCUT2D eigenvalue weighted by molar-refractivity contribution is -0.385. The number of nitro groups is 1. The minimum absolute atomic E-state index is 0.126. The number of para-hydroxylation sites is 1. The number of ether oxygens (including phenoxy) is 2. The molecule has 0 saturated carbocycles. The van der Waals surface area contributed by atoms with Crippen LogP contribution < -0.4 is 5.32 Å². The molecule has 0 spiro atoms. The molecule has 9 heteroatoms. The number of hydrogen-bond donors (Lipinski definition) is 1. The summed E-state index contributed by atoms with van der Waals surface area (Å²) >= 11 is 0. The van der Waals surface area contributed by atoms with E-state index in [4.69, 9.17) is 9.47 Å². The summed E-state index contributed by atoms with van der Waals surface area (Å²) in [5.41, 5.74) is -0.602. The van der Waals surface area contributed by atoms with Crippen molar-refractivity contribution in [1.82, 2.24) is 5.32 Å². The number of fused-ring (bicyclic) bond motifs is 1. The first kappa shape index (κ1) is 22.9. The van der Waals surface area contributed by atoms with Crippen molar-refractivity contribution in [2.24, 2.45) is 0 Å². The first-order valence-electron chi connectivity index (χ1n) is 10.2. The second-order valence-electron chi connectivity index (χ2n) is 8.04. The molecule has 0 aliphatic carbocycles. The summed E-state index contributed by atoms with van der Waals surface area (Å²) in [5.74, 6) is -1.92. The van der Waals surface area contributed by atoms with Crippen LogP contribution in [0.15, 0.2) is 48.5 Å². The third kappa shape index (κ3) is 4.93. The second-order valence-corrected chi connectivity index (χ2v) is 8.04. The Balaban J connectivity index is 1.91. The van der Waals surface area contributed by atoms with Gasteiger partial charge in [0.15, 0.2) is 5.60 Å². The van der Waals surface area contributed by atoms with Crippen LogP contribution in [0.3, 0.4) is 0 Å². The predicted molar refractivity (Wildman–Crippen MR) is 114 cm³/mol. The standard InChI is InChI=1S/C23H24N2O7/c1-14(2)31-20(26)12-18(17-10-6-7-11-19(17)25(29)30)24-22(28)23(3)13-15-8-4-5-9-16(15)21(27)32-23/h4-11,14,18H,12-13H2,1-3H3,(H,24,28). The number of benzene rings is 2. The highest BCUT2D eigenvalue weighted by atomic mass is 16.6. The van der Waals surface area contributed by atoms with E-state index in [0.717, 1.165) is 0 Å². The molecule has 9 nitrogen and oxygen atoms in total. The van der Waals surface area contributed by atoms with Crippen molar-refractivity contribution < 1.29 is 28.8 Å². The Bertz CT molecular complexity index is 1070. The van der Waals surface area contributed by atoms with E-state index in [1.54, 1.807) is 44.2 Å². The molecular formula is C23H24N2O7. The first-order chi connectivity index (χ1) is 15.1. The van der Waals surface area contributed by atoms with Crippen molar-refractivity contribution in [3.8, 4) is 0 Å². The monoisotopic (exact) mass is 440 g/mol. The van der Waals surface area contributed by atoms with Gasteiger partial charge in [-0.3, -0.25) is 19.7 Å². The maximum atomic E-state index is 13.2. The highest BCUT2D eigenvalue weighted by molar-refractivity contribution is 5.97. The van der Waals surface area contributed by atoms with Crippen LogP contribution >= 0.6 is 0 Å². The summed E-state index contributed by atoms with van der Waals surface area (Å²) in [6.45, 7) is 4.83. The molecule has 0 fully saturated rings. The fraction of sp³-hybridized carbons (Fsp3) is 0.348. The number of nitro benzene ring substituents is 1. The first-order valence-corrected chi connectivity index (χ1v) is 10.2. The fourth-order valence-corrected chi connectivity index (χ4v) is 3.64. The van der Waals surface area contributed by atoms with E-state index in [1.165, 1.54) is 25.1 Å². The van der Waals surface area contributed by atoms with Crippen LogP contribution in [0.1, 0.15) is 54.7 Å². The number of nitrogens with zero attached hydrogens (tertiary/aromatic N) is 1. The van der Waals surface area contributed by atoms with E-state index in [-0.39, 0.29) is 24.1 Å². The van der Waals surface area contributed by atoms with Crippen LogP contribution in [0.2, 0.25) is 0 Å². The lowest BCUT2D eigenvalue weighted by Gasteiger charge is -2.34. The molecule has 1 N–H and O–H groups in total. The van der Waals surface area contributed by atoms with Gasteiger partial charge in [-0.15, -0.1) is 0 Å². The topological polar surface area (TPSA) is 125 Å². The Morgan fingerprint density at radius 3 is 2.53 bits per heavy atom. The molecule has 1 amide bonds. The number of hydrogen-bond acceptors (Lipinski definition) is 7. The largest absolute Gasteiger partial charge is 0.463 e. The maximum Gasteiger partial charge on any atom is 0.339 e. The van der Waals surface area contributed by atoms with Gasteiger partial charge in [-0.1, -0.05) is 36.4 Å². The number of amides is 1. The molecule has 168 valence electrons. The van der Waals surface area contributed by atoms with Crippen LogP contribution in [0.4, 0.5) is 5.69 Å². The molecule has 1 heterocycles. The summed E-state index contributed by atoms with van der Waals surface area (Å²) in [6, 6.07) is 11.6. The molecule has 2 aromatic rings. The Labute approximate surface area is 184 Å². The summed E-state index contributed by atoms with van der Waals surface area (Å²) in [4.78, 5) is 49.0. The zero-order valence-corrected chi connectivity index (χ0v) is 18.0. The molecule has 1 aliphatic heterocycles. The summed E-state index contributed by atoms with van der Waals surface area (Å²) in [6.07, 6.45) is -0.589. The summed E-state index contributed by atoms with van der Waals surface area (Å²) < 4.78 is 10.6. The number of carbonyl (C=O) groups is 3. The second kappa shape index (κ2) is 9.17. The van der Waals surface area contributed by atoms with Crippen molar-refractivity contribution in [2.45, 2.75) is 51.4 Å². The van der Waals surface area contributed by atoms with Gasteiger partial charge in [0, 0.05) is 12.5 Å². The molecule has 0 saturated heterocycles. The van der Waals surface area contributed by atoms with Gasteiger partial charge >= 0.3 is 11.9 Å². The minimum Gasteiger partial charge on any atom is -0.463 e. The highest BCUT2D eigenvalue weighted by Gasteiger charge is 2.44. The van der Waals surface area contributed by atoms with Gasteiger partial charge in [-0.2, -0.15) is 0 Å². The van der Waals surface area contributed by atoms with Crippen LogP contribution in [0, 0.1) is 10.1 Å². The number of carbonyl (C=O) groups excluding carboxylic acids is 3. The van der Waals surface area contributed by atoms with E-state index in [9.17, 15) is 24.5 Å². The van der Waals surface area contributed by atoms with Crippen LogP contribution in [-0.2, 0) is 25.5 Å². The van der Waals surface area contributed by atoms with Gasteiger partial charge in [0.1, 0.15) is 0 Å². The Morgan fingerprint density at radius 1 is 1.19 bits per heavy atom. The van der Waals surface area contributed by atoms with Crippen molar-refractivity contribution in [1.29, 1.82) is 0 Å². The van der Waals surface area contributed by atoms with Gasteiger partial charge in [-0.25, -0.2) is 4.79 Å². The number of cyclic esters (lactones) is 1. The fourth-order valence-electron chi connectivity index (χ4n) is 3.64. The molecule has 1 aliphatic rings. The third-order valence-corrected chi connectivity index (χ3v) is 5.12. The van der Waals surface area contributed by atoms with E-state index < -0.39 is 40.5 Å². The summed E-state index contributed by atoms with van der Waals surface area (Å²) in [5, 5.41) is 14.2. The van der Waals surface area contributed by atoms with Gasteiger partial charge in [0.05, 0.1) is 34.6 Å². The smallest absolute Gasteiger partial charge is 0.339 e. The van der Waals surface area contributed by atoms with E-state index in [0.29, 0.717) is 11.1 Å². The van der Waals surface area contributed by atoms with E-state index >= 15 is 0 Å². The predicted octanol–water partition coefficient (Wildman–Crippen LogP) is 3.27. The molecule has 0 radical (unpaired) electrons. The SMILES string of the molecule is CC(C)OC(=O)CC(NC(=O)C1(C)Cc2ccccc2C(=O)O1)c1ccccc1[N+](=O)[O-]. The zero-order chi connectivity index (χ0) is 23.5. The average Bonchev–Trinajstić information content (AvgIpc) is 2.72. The van der Waals surface area contributed by atoms with Crippen LogP contribution in [-0.4, -0.2) is 34.5 Å². The molecule has 0 aromatic heterocycles. The van der Waals surface area contributed by atoms with E-state index in [1.807, 2.05) is 0 Å². The Hall–Kier alpha value is -3.75. The quantitative estimate of drug-likeness (QED) is 0.398. The normalized spacial score (nSPS) is 18.3. The van der Waals surface area contributed by atoms with Crippen molar-refractivity contribution >= 4 is 23.5 Å². The lowest BCUT2D eigenvalue weighted by atomic mass is 9.88. The Morgan fingerprint density at radius 2 is 1.84 bits per heavy atom. The average molecular weight is 440 g/mol. The number of nitrogens with one attached hydrogen (secondary N) is 1. The van der Waals surface area contributed by atoms with Gasteiger partial charge in [0.2, 0.25) is 0 Å². The molecule has 2 atom stereocenters. The highest BCUT2D eigenvalue weighted by Crippen LogP contribution is 2.31. The third-order valence-electron chi connectivity index (χ3n) is 5.12. The Kier molecular flexibility index (Phi) is 6.57. The lowest BCUT2D eigenvalue weighted by Crippen LogP contribution is -2.52. The van der Waals surface area contributed by atoms with Crippen molar-refractivity contribution in [2.75, 3.05) is 0 Å². The van der Waals surface area contributed by atoms with E-state index in [2.05, 4.69) is 5.32 Å². The number of rotatable bonds is 7. The van der Waals surface area contributed by atoms with Gasteiger partial charge in [0.25, 0.3) is 11.6 Å². The van der Waals surface area contributed by atoms with Crippen molar-refractivity contribution in [3.05, 3.63) is 75.3 Å². The van der Waals surface area contributed by atoms with Gasteiger partial charge < -0.3 is 14.8 Å². The zero-order valence-electron chi connectivity index (χ0n) is 18.0. The minimum atomic E-state index is -1.55. The summed E-state index contributed by atoms with van der Waals surface area (Å²) in [7, 11) is 0. The van der Waals surface area contributed by atoms with Crippen LogP contribution in [0.25, 0.3) is 0 Å².